The summed E-state index contributed by atoms with van der Waals surface area (Å²) < 4.78 is 0. The Labute approximate surface area is 200 Å². The van der Waals surface area contributed by atoms with Gasteiger partial charge < -0.3 is 15.7 Å². The van der Waals surface area contributed by atoms with Crippen LogP contribution in [0.15, 0.2) is 42.5 Å². The fourth-order valence-corrected chi connectivity index (χ4v) is 4.89. The topological polar surface area (TPSA) is 108 Å². The molecule has 2 amide bonds. The quantitative estimate of drug-likeness (QED) is 0.465. The van der Waals surface area contributed by atoms with E-state index in [2.05, 4.69) is 16.0 Å². The van der Waals surface area contributed by atoms with Gasteiger partial charge in [-0.05, 0) is 43.7 Å². The first-order valence-electron chi connectivity index (χ1n) is 9.85. The third-order valence-corrected chi connectivity index (χ3v) is 6.87. The van der Waals surface area contributed by atoms with Crippen LogP contribution in [-0.4, -0.2) is 45.6 Å². The van der Waals surface area contributed by atoms with Crippen LogP contribution in [0.5, 0.6) is 0 Å². The number of benzene rings is 2. The van der Waals surface area contributed by atoms with Crippen molar-refractivity contribution in [3.05, 3.63) is 63.6 Å². The second-order valence-electron chi connectivity index (χ2n) is 7.87. The molecular weight excluding hydrogens is 473 g/mol. The smallest absolute Gasteiger partial charge is 0.326 e. The molecule has 0 aromatic heterocycles. The van der Waals surface area contributed by atoms with Crippen LogP contribution in [0, 0.1) is 0 Å². The number of aliphatic carboxylic acids is 1. The number of carboxylic acids is 1. The van der Waals surface area contributed by atoms with Crippen molar-refractivity contribution in [2.24, 2.45) is 0 Å². The van der Waals surface area contributed by atoms with Gasteiger partial charge in [0.2, 0.25) is 5.91 Å². The Hall–Kier alpha value is -2.26. The van der Waals surface area contributed by atoms with Crippen molar-refractivity contribution in [3.8, 4) is 0 Å². The third-order valence-electron chi connectivity index (χ3n) is 4.91. The van der Waals surface area contributed by atoms with E-state index in [4.69, 9.17) is 23.2 Å². The van der Waals surface area contributed by atoms with E-state index in [1.165, 1.54) is 0 Å². The summed E-state index contributed by atoms with van der Waals surface area (Å²) in [4.78, 5) is 36.4. The molecule has 2 aromatic carbocycles. The van der Waals surface area contributed by atoms with Crippen molar-refractivity contribution in [1.29, 1.82) is 0 Å². The molecule has 2 unspecified atom stereocenters. The highest BCUT2D eigenvalue weighted by Gasteiger charge is 2.36. The Bertz CT molecular complexity index is 1010. The van der Waals surface area contributed by atoms with Gasteiger partial charge in [0.05, 0.1) is 26.5 Å². The molecule has 10 heteroatoms. The van der Waals surface area contributed by atoms with Gasteiger partial charge in [-0.15, -0.1) is 11.8 Å². The van der Waals surface area contributed by atoms with Gasteiger partial charge in [-0.2, -0.15) is 0 Å². The lowest BCUT2D eigenvalue weighted by molar-refractivity contribution is -0.142. The van der Waals surface area contributed by atoms with Gasteiger partial charge in [-0.3, -0.25) is 14.9 Å². The molecule has 170 valence electrons. The lowest BCUT2D eigenvalue weighted by atomic mass is 10.0. The first kappa shape index (κ1) is 24.4. The van der Waals surface area contributed by atoms with E-state index in [9.17, 15) is 19.5 Å². The number of anilines is 1. The molecule has 0 aliphatic carbocycles. The molecule has 0 spiro atoms. The maximum atomic E-state index is 12.5. The Balaban J connectivity index is 1.62. The van der Waals surface area contributed by atoms with Crippen molar-refractivity contribution in [3.63, 3.8) is 0 Å². The Morgan fingerprint density at radius 2 is 1.78 bits per heavy atom. The monoisotopic (exact) mass is 495 g/mol. The number of halogens is 2. The van der Waals surface area contributed by atoms with Gasteiger partial charge in [0.1, 0.15) is 6.04 Å². The average molecular weight is 496 g/mol. The lowest BCUT2D eigenvalue weighted by Crippen LogP contribution is -2.52. The van der Waals surface area contributed by atoms with E-state index in [0.29, 0.717) is 17.0 Å². The zero-order chi connectivity index (χ0) is 23.5. The molecule has 1 aliphatic rings. The summed E-state index contributed by atoms with van der Waals surface area (Å²) in [6.07, 6.45) is 0.106. The van der Waals surface area contributed by atoms with Gasteiger partial charge in [0.15, 0.2) is 0 Å². The predicted octanol–water partition coefficient (Wildman–Crippen LogP) is 3.80. The van der Waals surface area contributed by atoms with E-state index in [1.54, 1.807) is 54.2 Å². The summed E-state index contributed by atoms with van der Waals surface area (Å²) in [7, 11) is 0. The second-order valence-corrected chi connectivity index (χ2v) is 10.3. The van der Waals surface area contributed by atoms with E-state index < -0.39 is 24.0 Å². The Kier molecular flexibility index (Phi) is 7.71. The van der Waals surface area contributed by atoms with Gasteiger partial charge in [0, 0.05) is 17.9 Å². The van der Waals surface area contributed by atoms with Crippen molar-refractivity contribution in [2.45, 2.75) is 37.2 Å². The fourth-order valence-electron chi connectivity index (χ4n) is 3.28. The number of carbonyl (C=O) groups excluding carboxylic acids is 2. The van der Waals surface area contributed by atoms with Gasteiger partial charge in [-0.25, -0.2) is 4.79 Å². The SMILES string of the molecule is CC1(C)NC(C(=O)NC(Cc2ccc(NC(=O)c3c(Cl)cccc3Cl)cc2)C(=O)O)CS1. The molecule has 0 bridgehead atoms. The first-order chi connectivity index (χ1) is 15.1. The van der Waals surface area contributed by atoms with Crippen molar-refractivity contribution in [1.82, 2.24) is 10.6 Å². The summed E-state index contributed by atoms with van der Waals surface area (Å²) in [5, 5.41) is 18.6. The van der Waals surface area contributed by atoms with Crippen LogP contribution >= 0.6 is 35.0 Å². The molecule has 0 radical (unpaired) electrons. The summed E-state index contributed by atoms with van der Waals surface area (Å²) in [6.45, 7) is 3.94. The third kappa shape index (κ3) is 6.16. The number of carbonyl (C=O) groups is 3. The molecule has 1 fully saturated rings. The van der Waals surface area contributed by atoms with Crippen LogP contribution in [0.4, 0.5) is 5.69 Å². The molecule has 1 saturated heterocycles. The number of thioether (sulfide) groups is 1. The molecular formula is C22H23Cl2N3O4S. The number of rotatable bonds is 7. The fraction of sp³-hybridized carbons (Fsp3) is 0.318. The van der Waals surface area contributed by atoms with Crippen molar-refractivity contribution < 1.29 is 19.5 Å². The minimum atomic E-state index is -1.12. The maximum Gasteiger partial charge on any atom is 0.326 e. The van der Waals surface area contributed by atoms with Crippen LogP contribution in [0.25, 0.3) is 0 Å². The molecule has 2 atom stereocenters. The highest BCUT2D eigenvalue weighted by Crippen LogP contribution is 2.29. The molecule has 1 heterocycles. The summed E-state index contributed by atoms with van der Waals surface area (Å²) in [5.74, 6) is -1.33. The molecule has 7 nitrogen and oxygen atoms in total. The van der Waals surface area contributed by atoms with Crippen LogP contribution < -0.4 is 16.0 Å². The molecule has 32 heavy (non-hydrogen) atoms. The number of carboxylic acid groups (broad SMARTS) is 1. The van der Waals surface area contributed by atoms with Gasteiger partial charge >= 0.3 is 5.97 Å². The number of nitrogens with one attached hydrogen (secondary N) is 3. The normalized spacial score (nSPS) is 18.1. The highest BCUT2D eigenvalue weighted by molar-refractivity contribution is 8.00. The second kappa shape index (κ2) is 10.1. The standard InChI is InChI=1S/C22H23Cl2N3O4S/c1-22(2)27-17(11-32-22)19(28)26-16(21(30)31)10-12-6-8-13(9-7-12)25-20(29)18-14(23)4-3-5-15(18)24/h3-9,16-17,27H,10-11H2,1-2H3,(H,25,29)(H,26,28)(H,30,31). The average Bonchev–Trinajstić information content (AvgIpc) is 3.08. The predicted molar refractivity (Wildman–Crippen MR) is 128 cm³/mol. The number of hydrogen-bond acceptors (Lipinski definition) is 5. The molecule has 3 rings (SSSR count). The minimum Gasteiger partial charge on any atom is -0.480 e. The van der Waals surface area contributed by atoms with Crippen molar-refractivity contribution in [2.75, 3.05) is 11.1 Å². The van der Waals surface area contributed by atoms with E-state index >= 15 is 0 Å². The lowest BCUT2D eigenvalue weighted by Gasteiger charge is -2.20. The Morgan fingerprint density at radius 3 is 2.31 bits per heavy atom. The van der Waals surface area contributed by atoms with Gasteiger partial charge in [-0.1, -0.05) is 41.4 Å². The summed E-state index contributed by atoms with van der Waals surface area (Å²) in [6, 6.07) is 9.98. The largest absolute Gasteiger partial charge is 0.480 e. The van der Waals surface area contributed by atoms with Crippen LogP contribution in [0.2, 0.25) is 10.0 Å². The molecule has 1 aliphatic heterocycles. The summed E-state index contributed by atoms with van der Waals surface area (Å²) in [5.41, 5.74) is 1.37. The molecule has 0 saturated carbocycles. The van der Waals surface area contributed by atoms with Crippen LogP contribution in [0.3, 0.4) is 0 Å². The van der Waals surface area contributed by atoms with Crippen molar-refractivity contribution >= 4 is 58.4 Å². The Morgan fingerprint density at radius 1 is 1.16 bits per heavy atom. The van der Waals surface area contributed by atoms with E-state index in [1.807, 2.05) is 13.8 Å². The van der Waals surface area contributed by atoms with Crippen LogP contribution in [0.1, 0.15) is 29.8 Å². The highest BCUT2D eigenvalue weighted by atomic mass is 35.5. The van der Waals surface area contributed by atoms with E-state index in [0.717, 1.165) is 0 Å². The molecule has 2 aromatic rings. The maximum absolute atomic E-state index is 12.5. The van der Waals surface area contributed by atoms with Gasteiger partial charge in [0.25, 0.3) is 5.91 Å². The zero-order valence-electron chi connectivity index (χ0n) is 17.4. The molecule has 4 N–H and O–H groups in total. The zero-order valence-corrected chi connectivity index (χ0v) is 19.8. The number of hydrogen-bond donors (Lipinski definition) is 4. The number of amides is 2. The van der Waals surface area contributed by atoms with E-state index in [-0.39, 0.29) is 32.8 Å². The summed E-state index contributed by atoms with van der Waals surface area (Å²) >= 11 is 13.7. The first-order valence-corrected chi connectivity index (χ1v) is 11.6. The minimum absolute atomic E-state index is 0.106. The van der Waals surface area contributed by atoms with Crippen LogP contribution in [-0.2, 0) is 16.0 Å².